The fraction of sp³-hybridized carbons (Fsp3) is 0.350. The second kappa shape index (κ2) is 8.81. The van der Waals surface area contributed by atoms with E-state index in [1.165, 1.54) is 11.3 Å². The minimum Gasteiger partial charge on any atom is -0.378 e. The number of Topliss-reactive ketones (excluding diaryl/α,β-unsaturated/α-hetero) is 1. The van der Waals surface area contributed by atoms with Crippen molar-refractivity contribution in [3.05, 3.63) is 40.6 Å². The molecule has 0 spiro atoms. The maximum absolute atomic E-state index is 12.2. The number of hydrogen-bond donors (Lipinski definition) is 1. The molecule has 0 radical (unpaired) electrons. The number of carbonyl (C=O) groups is 2. The van der Waals surface area contributed by atoms with Crippen molar-refractivity contribution in [3.8, 4) is 0 Å². The van der Waals surface area contributed by atoms with Gasteiger partial charge in [-0.3, -0.25) is 9.59 Å². The summed E-state index contributed by atoms with van der Waals surface area (Å²) < 4.78 is 6.44. The zero-order chi connectivity index (χ0) is 19.3. The maximum atomic E-state index is 12.2. The lowest BCUT2D eigenvalue weighted by Gasteiger charge is -2.25. The van der Waals surface area contributed by atoms with Gasteiger partial charge in [0, 0.05) is 31.6 Å². The van der Waals surface area contributed by atoms with Gasteiger partial charge in [0.15, 0.2) is 10.9 Å². The Bertz CT molecular complexity index is 962. The number of anilines is 2. The second-order valence-corrected chi connectivity index (χ2v) is 8.54. The lowest BCUT2D eigenvalue weighted by atomic mass is 10.1. The van der Waals surface area contributed by atoms with Crippen molar-refractivity contribution >= 4 is 55.4 Å². The van der Waals surface area contributed by atoms with E-state index in [9.17, 15) is 9.59 Å². The van der Waals surface area contributed by atoms with Gasteiger partial charge in [-0.25, -0.2) is 4.98 Å². The number of benzene rings is 1. The number of ketones is 1. The van der Waals surface area contributed by atoms with E-state index in [0.717, 1.165) is 52.2 Å². The molecule has 4 rings (SSSR count). The van der Waals surface area contributed by atoms with E-state index in [-0.39, 0.29) is 11.7 Å². The quantitative estimate of drug-likeness (QED) is 0.586. The summed E-state index contributed by atoms with van der Waals surface area (Å²) >= 11 is 3.07. The largest absolute Gasteiger partial charge is 0.378 e. The Hall–Kier alpha value is -2.29. The number of fused-ring (bicyclic) bond motifs is 1. The van der Waals surface area contributed by atoms with Gasteiger partial charge in [-0.05, 0) is 36.1 Å². The van der Waals surface area contributed by atoms with E-state index in [2.05, 4.69) is 15.2 Å². The van der Waals surface area contributed by atoms with Crippen LogP contribution in [-0.4, -0.2) is 43.0 Å². The fourth-order valence-corrected chi connectivity index (χ4v) is 4.82. The number of aromatic nitrogens is 1. The maximum Gasteiger partial charge on any atom is 0.224 e. The third kappa shape index (κ3) is 4.57. The van der Waals surface area contributed by atoms with Gasteiger partial charge in [0.05, 0.1) is 28.3 Å². The van der Waals surface area contributed by atoms with Crippen molar-refractivity contribution < 1.29 is 14.3 Å². The molecule has 1 N–H and O–H groups in total. The average molecular weight is 416 g/mol. The minimum atomic E-state index is -0.0729. The van der Waals surface area contributed by atoms with Crippen molar-refractivity contribution in [1.82, 2.24) is 4.98 Å². The van der Waals surface area contributed by atoms with Crippen molar-refractivity contribution in [3.63, 3.8) is 0 Å². The van der Waals surface area contributed by atoms with Crippen LogP contribution >= 0.6 is 22.7 Å². The molecule has 1 saturated heterocycles. The first-order valence-corrected chi connectivity index (χ1v) is 11.0. The Labute approximate surface area is 171 Å². The van der Waals surface area contributed by atoms with Crippen LogP contribution in [0.4, 0.5) is 10.8 Å². The van der Waals surface area contributed by atoms with Crippen molar-refractivity contribution in [2.45, 2.75) is 19.3 Å². The fourth-order valence-electron chi connectivity index (χ4n) is 3.07. The lowest BCUT2D eigenvalue weighted by molar-refractivity contribution is -0.116. The highest BCUT2D eigenvalue weighted by Crippen LogP contribution is 2.31. The summed E-state index contributed by atoms with van der Waals surface area (Å²) in [5, 5.41) is 5.81. The molecule has 1 aromatic carbocycles. The van der Waals surface area contributed by atoms with Gasteiger partial charge >= 0.3 is 0 Å². The zero-order valence-electron chi connectivity index (χ0n) is 15.3. The normalized spacial score (nSPS) is 14.4. The lowest BCUT2D eigenvalue weighted by Crippen LogP contribution is -2.36. The number of thiophene rings is 1. The predicted molar refractivity (Wildman–Crippen MR) is 114 cm³/mol. The van der Waals surface area contributed by atoms with Crippen molar-refractivity contribution in [1.29, 1.82) is 0 Å². The minimum absolute atomic E-state index is 0.0729. The molecule has 1 amide bonds. The third-order valence-corrected chi connectivity index (χ3v) is 6.54. The molecule has 6 nitrogen and oxygen atoms in total. The van der Waals surface area contributed by atoms with Gasteiger partial charge in [-0.2, -0.15) is 0 Å². The van der Waals surface area contributed by atoms with Crippen LogP contribution in [0, 0.1) is 0 Å². The molecule has 1 fully saturated rings. The molecular formula is C20H21N3O3S2. The van der Waals surface area contributed by atoms with Crippen LogP contribution in [0.5, 0.6) is 0 Å². The number of nitrogens with one attached hydrogen (secondary N) is 1. The topological polar surface area (TPSA) is 71.5 Å². The van der Waals surface area contributed by atoms with Gasteiger partial charge < -0.3 is 15.0 Å². The van der Waals surface area contributed by atoms with Crippen LogP contribution in [0.25, 0.3) is 10.2 Å². The van der Waals surface area contributed by atoms with Gasteiger partial charge in [-0.1, -0.05) is 17.4 Å². The number of rotatable bonds is 7. The SMILES string of the molecule is O=C(CCCC(=O)c1cccs1)Nc1ccc2nc(N3CCOCC3)sc2c1. The van der Waals surface area contributed by atoms with Gasteiger partial charge in [0.1, 0.15) is 0 Å². The highest BCUT2D eigenvalue weighted by molar-refractivity contribution is 7.22. The first-order chi connectivity index (χ1) is 13.7. The van der Waals surface area contributed by atoms with E-state index in [0.29, 0.717) is 19.3 Å². The van der Waals surface area contributed by atoms with Crippen LogP contribution in [-0.2, 0) is 9.53 Å². The van der Waals surface area contributed by atoms with E-state index in [1.807, 2.05) is 35.7 Å². The van der Waals surface area contributed by atoms with E-state index in [4.69, 9.17) is 4.74 Å². The van der Waals surface area contributed by atoms with Crippen LogP contribution in [0.2, 0.25) is 0 Å². The first-order valence-electron chi connectivity index (χ1n) is 9.29. The van der Waals surface area contributed by atoms with Crippen LogP contribution in [0.3, 0.4) is 0 Å². The predicted octanol–water partition coefficient (Wildman–Crippen LogP) is 4.19. The molecule has 3 heterocycles. The number of morpholine rings is 1. The molecule has 8 heteroatoms. The summed E-state index contributed by atoms with van der Waals surface area (Å²) in [5.41, 5.74) is 1.70. The van der Waals surface area contributed by atoms with Gasteiger partial charge in [-0.15, -0.1) is 11.3 Å². The van der Waals surface area contributed by atoms with E-state index in [1.54, 1.807) is 11.3 Å². The summed E-state index contributed by atoms with van der Waals surface area (Å²) in [7, 11) is 0. The molecule has 3 aromatic rings. The molecule has 28 heavy (non-hydrogen) atoms. The van der Waals surface area contributed by atoms with E-state index < -0.39 is 0 Å². The summed E-state index contributed by atoms with van der Waals surface area (Å²) in [6, 6.07) is 9.46. The smallest absolute Gasteiger partial charge is 0.224 e. The van der Waals surface area contributed by atoms with Crippen LogP contribution < -0.4 is 10.2 Å². The van der Waals surface area contributed by atoms with Gasteiger partial charge in [0.2, 0.25) is 5.91 Å². The van der Waals surface area contributed by atoms with Gasteiger partial charge in [0.25, 0.3) is 0 Å². The molecule has 0 bridgehead atoms. The zero-order valence-corrected chi connectivity index (χ0v) is 17.0. The first kappa shape index (κ1) is 19.0. The summed E-state index contributed by atoms with van der Waals surface area (Å²) in [6.07, 6.45) is 1.27. The van der Waals surface area contributed by atoms with Crippen LogP contribution in [0.15, 0.2) is 35.7 Å². The number of nitrogens with zero attached hydrogens (tertiary/aromatic N) is 2. The number of carbonyl (C=O) groups excluding carboxylic acids is 2. The summed E-state index contributed by atoms with van der Waals surface area (Å²) in [6.45, 7) is 3.17. The number of ether oxygens (including phenoxy) is 1. The summed E-state index contributed by atoms with van der Waals surface area (Å²) in [4.78, 5) is 31.9. The molecule has 0 unspecified atom stereocenters. The molecule has 1 aliphatic heterocycles. The molecule has 0 atom stereocenters. The Morgan fingerprint density at radius 3 is 2.82 bits per heavy atom. The highest BCUT2D eigenvalue weighted by Gasteiger charge is 2.16. The molecule has 146 valence electrons. The monoisotopic (exact) mass is 415 g/mol. The molecule has 2 aromatic heterocycles. The Morgan fingerprint density at radius 1 is 1.18 bits per heavy atom. The van der Waals surface area contributed by atoms with Crippen LogP contribution in [0.1, 0.15) is 28.9 Å². The Morgan fingerprint density at radius 2 is 2.04 bits per heavy atom. The number of thiazole rings is 1. The molecule has 0 saturated carbocycles. The second-order valence-electron chi connectivity index (χ2n) is 6.58. The van der Waals surface area contributed by atoms with E-state index >= 15 is 0 Å². The third-order valence-electron chi connectivity index (χ3n) is 4.55. The molecule has 1 aliphatic rings. The van der Waals surface area contributed by atoms with Crippen molar-refractivity contribution in [2.75, 3.05) is 36.5 Å². The Balaban J connectivity index is 1.32. The Kier molecular flexibility index (Phi) is 5.99. The average Bonchev–Trinajstić information content (AvgIpc) is 3.38. The molecule has 0 aliphatic carbocycles. The highest BCUT2D eigenvalue weighted by atomic mass is 32.1. The summed E-state index contributed by atoms with van der Waals surface area (Å²) in [5.74, 6) is 0.0285. The standard InChI is InChI=1S/C20H21N3O3S2/c24-16(17-4-2-12-27-17)3-1-5-19(25)21-14-6-7-15-18(13-14)28-20(22-15)23-8-10-26-11-9-23/h2,4,6-7,12-13H,1,3,5,8-11H2,(H,21,25). The molecular weight excluding hydrogens is 394 g/mol. The van der Waals surface area contributed by atoms with Crippen molar-refractivity contribution in [2.24, 2.45) is 0 Å². The number of amides is 1. The number of hydrogen-bond acceptors (Lipinski definition) is 7.